The largest absolute Gasteiger partial charge is 0.456 e. The van der Waals surface area contributed by atoms with E-state index < -0.39 is 6.04 Å². The van der Waals surface area contributed by atoms with Crippen LogP contribution in [0.15, 0.2) is 174 Å². The van der Waals surface area contributed by atoms with Crippen LogP contribution in [-0.4, -0.2) is 9.55 Å². The minimum atomic E-state index is -0.431. The van der Waals surface area contributed by atoms with Gasteiger partial charge >= 0.3 is 0 Å². The number of rotatable bonds is 4. The molecule has 0 fully saturated rings. The van der Waals surface area contributed by atoms with Crippen molar-refractivity contribution in [1.82, 2.24) is 9.55 Å². The van der Waals surface area contributed by atoms with Crippen LogP contribution in [0.5, 0.6) is 0 Å². The zero-order chi connectivity index (χ0) is 36.0. The summed E-state index contributed by atoms with van der Waals surface area (Å²) in [6.45, 7) is 0. The second-order valence-electron chi connectivity index (χ2n) is 11.9. The molecule has 224 valence electrons. The van der Waals surface area contributed by atoms with Gasteiger partial charge in [-0.05, 0) is 80.1 Å². The van der Waals surface area contributed by atoms with E-state index in [0.29, 0.717) is 16.9 Å². The van der Waals surface area contributed by atoms with Crippen molar-refractivity contribution in [2.75, 3.05) is 0 Å². The van der Waals surface area contributed by atoms with Crippen LogP contribution in [-0.2, 0) is 0 Å². The molecule has 3 nitrogen and oxygen atoms in total. The maximum atomic E-state index is 8.77. The fraction of sp³-hybridized carbons (Fsp3) is 0. The fourth-order valence-corrected chi connectivity index (χ4v) is 7.30. The Bertz CT molecular complexity index is 3040. The summed E-state index contributed by atoms with van der Waals surface area (Å²) in [5.41, 5.74) is 8.24. The van der Waals surface area contributed by atoms with E-state index in [0.717, 1.165) is 71.3 Å². The van der Waals surface area contributed by atoms with E-state index >= 15 is 0 Å². The van der Waals surface area contributed by atoms with Crippen LogP contribution in [0.1, 0.15) is 6.85 Å². The van der Waals surface area contributed by atoms with Crippen LogP contribution < -0.4 is 0 Å². The van der Waals surface area contributed by atoms with E-state index in [2.05, 4.69) is 84.9 Å². The zero-order valence-electron chi connectivity index (χ0n) is 30.6. The monoisotopic (exact) mass is 617 g/mol. The predicted octanol–water partition coefficient (Wildman–Crippen LogP) is 12.2. The number of aromatic nitrogens is 2. The Hall–Kier alpha value is -6.45. The normalized spacial score (nSPS) is 13.2. The van der Waals surface area contributed by atoms with Crippen LogP contribution in [0.2, 0.25) is 0 Å². The molecule has 0 saturated carbocycles. The minimum Gasteiger partial charge on any atom is -0.456 e. The fourth-order valence-electron chi connectivity index (χ4n) is 7.30. The first kappa shape index (κ1) is 22.1. The Morgan fingerprint density at radius 2 is 1.08 bits per heavy atom. The Morgan fingerprint density at radius 1 is 0.500 bits per heavy atom. The Labute approximate surface area is 284 Å². The second-order valence-corrected chi connectivity index (χ2v) is 11.9. The predicted molar refractivity (Wildman–Crippen MR) is 200 cm³/mol. The molecule has 0 N–H and O–H groups in total. The first-order chi connectivity index (χ1) is 25.9. The number of para-hydroxylation sites is 4. The van der Waals surface area contributed by atoms with Crippen molar-refractivity contribution in [3.05, 3.63) is 170 Å². The average Bonchev–Trinajstić information content (AvgIpc) is 3.78. The zero-order valence-corrected chi connectivity index (χ0v) is 25.6. The van der Waals surface area contributed by atoms with E-state index in [1.54, 1.807) is 4.57 Å². The molecule has 0 aliphatic heterocycles. The summed E-state index contributed by atoms with van der Waals surface area (Å²) in [5, 5.41) is 6.67. The van der Waals surface area contributed by atoms with Crippen molar-refractivity contribution in [3.8, 4) is 39.3 Å². The van der Waals surface area contributed by atoms with Gasteiger partial charge in [0, 0.05) is 22.0 Å². The van der Waals surface area contributed by atoms with Gasteiger partial charge in [-0.3, -0.25) is 4.57 Å². The van der Waals surface area contributed by atoms with Gasteiger partial charge in [-0.1, -0.05) is 133 Å². The van der Waals surface area contributed by atoms with Crippen molar-refractivity contribution in [1.29, 1.82) is 0 Å². The molecule has 0 saturated heterocycles. The molecule has 0 bridgehead atoms. The van der Waals surface area contributed by atoms with E-state index in [-0.39, 0.29) is 29.9 Å². The summed E-state index contributed by atoms with van der Waals surface area (Å²) in [5.74, 6) is 0.488. The third kappa shape index (κ3) is 3.98. The molecule has 0 aliphatic carbocycles. The highest BCUT2D eigenvalue weighted by Crippen LogP contribution is 2.47. The number of hydrogen-bond donors (Lipinski definition) is 0. The molecule has 0 amide bonds. The van der Waals surface area contributed by atoms with Crippen molar-refractivity contribution < 1.29 is 11.3 Å². The highest BCUT2D eigenvalue weighted by molar-refractivity contribution is 6.25. The van der Waals surface area contributed by atoms with Gasteiger partial charge in [0.2, 0.25) is 0 Å². The van der Waals surface area contributed by atoms with Crippen LogP contribution in [0.4, 0.5) is 0 Å². The minimum absolute atomic E-state index is 0.0665. The van der Waals surface area contributed by atoms with Crippen molar-refractivity contribution >= 4 is 54.5 Å². The SMILES string of the molecule is [2H]c1c([2H])c([2H])c(-n2c(-c3ccc(-c4c5ccccc5c(-c5cccc6oc7ccccc7c56)c5ccccc45)cc3)nc3ccccc32)c([2H])c1[2H]. The lowest BCUT2D eigenvalue weighted by Gasteiger charge is -2.18. The maximum Gasteiger partial charge on any atom is 0.145 e. The number of benzene rings is 8. The molecular formula is C45H28N2O. The topological polar surface area (TPSA) is 31.0 Å². The Balaban J connectivity index is 1.20. The highest BCUT2D eigenvalue weighted by Gasteiger charge is 2.20. The smallest absolute Gasteiger partial charge is 0.145 e. The van der Waals surface area contributed by atoms with Crippen LogP contribution in [0, 0.1) is 0 Å². The molecule has 8 aromatic carbocycles. The van der Waals surface area contributed by atoms with Crippen molar-refractivity contribution in [2.45, 2.75) is 0 Å². The summed E-state index contributed by atoms with van der Waals surface area (Å²) in [6.07, 6.45) is 0. The quantitative estimate of drug-likeness (QED) is 0.184. The van der Waals surface area contributed by atoms with Gasteiger partial charge in [-0.15, -0.1) is 0 Å². The number of nitrogens with zero attached hydrogens (tertiary/aromatic N) is 2. The summed E-state index contributed by atoms with van der Waals surface area (Å²) in [4.78, 5) is 4.93. The molecule has 3 heteroatoms. The lowest BCUT2D eigenvalue weighted by Crippen LogP contribution is -1.97. The van der Waals surface area contributed by atoms with Gasteiger partial charge in [0.25, 0.3) is 0 Å². The van der Waals surface area contributed by atoms with Crippen LogP contribution in [0.25, 0.3) is 93.8 Å². The van der Waals surface area contributed by atoms with Gasteiger partial charge in [0.15, 0.2) is 0 Å². The first-order valence-electron chi connectivity index (χ1n) is 18.4. The highest BCUT2D eigenvalue weighted by atomic mass is 16.3. The van der Waals surface area contributed by atoms with E-state index in [1.807, 2.05) is 54.6 Å². The van der Waals surface area contributed by atoms with Gasteiger partial charge < -0.3 is 4.42 Å². The first-order valence-corrected chi connectivity index (χ1v) is 15.9. The summed E-state index contributed by atoms with van der Waals surface area (Å²) < 4.78 is 50.4. The second kappa shape index (κ2) is 10.5. The summed E-state index contributed by atoms with van der Waals surface area (Å²) >= 11 is 0. The van der Waals surface area contributed by atoms with Crippen molar-refractivity contribution in [2.24, 2.45) is 0 Å². The molecular weight excluding hydrogens is 585 g/mol. The molecule has 0 spiro atoms. The number of fused-ring (bicyclic) bond motifs is 6. The molecule has 2 heterocycles. The molecule has 10 rings (SSSR count). The average molecular weight is 618 g/mol. The van der Waals surface area contributed by atoms with Gasteiger partial charge in [-0.25, -0.2) is 4.98 Å². The van der Waals surface area contributed by atoms with E-state index in [4.69, 9.17) is 16.3 Å². The van der Waals surface area contributed by atoms with Crippen LogP contribution >= 0.6 is 0 Å². The number of hydrogen-bond acceptors (Lipinski definition) is 2. The standard InChI is InChI=1S/C45H28N2O/c1-2-13-31(14-3-1)47-39-22-10-9-21-38(39)46-45(47)30-27-25-29(26-28-30)42-32-15-4-6-17-34(32)43(35-18-7-5-16-33(35)42)37-20-12-24-41-44(37)36-19-8-11-23-40(36)48-41/h1-28H/i1D,2D,3D,13D,14D. The molecule has 0 unspecified atom stereocenters. The summed E-state index contributed by atoms with van der Waals surface area (Å²) in [7, 11) is 0. The molecule has 10 aromatic rings. The lowest BCUT2D eigenvalue weighted by atomic mass is 9.85. The third-order valence-electron chi connectivity index (χ3n) is 9.31. The van der Waals surface area contributed by atoms with E-state index in [1.165, 1.54) is 0 Å². The molecule has 0 atom stereocenters. The molecule has 2 aromatic heterocycles. The summed E-state index contributed by atoms with van der Waals surface area (Å²) in [6, 6.07) is 45.4. The number of imidazole rings is 1. The third-order valence-corrected chi connectivity index (χ3v) is 9.31. The van der Waals surface area contributed by atoms with E-state index in [9.17, 15) is 0 Å². The Morgan fingerprint density at radius 3 is 1.81 bits per heavy atom. The van der Waals surface area contributed by atoms with Crippen molar-refractivity contribution in [3.63, 3.8) is 0 Å². The molecule has 0 radical (unpaired) electrons. The maximum absolute atomic E-state index is 8.77. The molecule has 0 aliphatic rings. The van der Waals surface area contributed by atoms with Crippen LogP contribution in [0.3, 0.4) is 0 Å². The van der Waals surface area contributed by atoms with Gasteiger partial charge in [0.05, 0.1) is 17.9 Å². The molecule has 48 heavy (non-hydrogen) atoms. The van der Waals surface area contributed by atoms with Gasteiger partial charge in [-0.2, -0.15) is 0 Å². The van der Waals surface area contributed by atoms with Gasteiger partial charge in [0.1, 0.15) is 17.0 Å². The lowest BCUT2D eigenvalue weighted by molar-refractivity contribution is 0.669. The Kier molecular flexibility index (Phi) is 4.86. The number of furan rings is 1.